The summed E-state index contributed by atoms with van der Waals surface area (Å²) in [5, 5.41) is 11.1. The molecule has 2 aromatic carbocycles. The Labute approximate surface area is 191 Å². The third-order valence-corrected chi connectivity index (χ3v) is 7.42. The maximum Gasteiger partial charge on any atom is 0.271 e. The van der Waals surface area contributed by atoms with Crippen molar-refractivity contribution in [3.05, 3.63) is 58.1 Å². The van der Waals surface area contributed by atoms with Crippen LogP contribution in [0.1, 0.15) is 36.0 Å². The molecular formula is C22H25N3O7S. The zero-order chi connectivity index (χ0) is 23.6. The van der Waals surface area contributed by atoms with Gasteiger partial charge in [0.05, 0.1) is 41.4 Å². The fraction of sp³-hybridized carbons (Fsp3) is 0.409. The first-order chi connectivity index (χ1) is 15.8. The third-order valence-electron chi connectivity index (χ3n) is 6.04. The van der Waals surface area contributed by atoms with Crippen LogP contribution in [-0.4, -0.2) is 56.6 Å². The summed E-state index contributed by atoms with van der Waals surface area (Å²) in [7, 11) is -2.74. The van der Waals surface area contributed by atoms with Gasteiger partial charge in [0.1, 0.15) is 5.75 Å². The Morgan fingerprint density at radius 2 is 1.91 bits per heavy atom. The number of amides is 1. The van der Waals surface area contributed by atoms with Crippen molar-refractivity contribution < 1.29 is 27.6 Å². The van der Waals surface area contributed by atoms with Crippen molar-refractivity contribution in [3.63, 3.8) is 0 Å². The van der Waals surface area contributed by atoms with Crippen LogP contribution in [0.4, 0.5) is 11.4 Å². The summed E-state index contributed by atoms with van der Waals surface area (Å²) in [4.78, 5) is 25.3. The number of ether oxygens (including phenoxy) is 2. The van der Waals surface area contributed by atoms with Crippen molar-refractivity contribution in [1.29, 1.82) is 0 Å². The van der Waals surface area contributed by atoms with Gasteiger partial charge in [-0.15, -0.1) is 0 Å². The van der Waals surface area contributed by atoms with Crippen molar-refractivity contribution in [2.24, 2.45) is 0 Å². The molecule has 1 amide bonds. The maximum atomic E-state index is 13.1. The number of anilines is 1. The van der Waals surface area contributed by atoms with Gasteiger partial charge in [-0.3, -0.25) is 19.6 Å². The van der Waals surface area contributed by atoms with Gasteiger partial charge in [0.2, 0.25) is 0 Å². The second-order valence-corrected chi connectivity index (χ2v) is 9.71. The zero-order valence-corrected chi connectivity index (χ0v) is 18.9. The molecule has 1 heterocycles. The first-order valence-electron chi connectivity index (χ1n) is 10.7. The van der Waals surface area contributed by atoms with Gasteiger partial charge in [-0.2, -0.15) is 0 Å². The van der Waals surface area contributed by atoms with Crippen molar-refractivity contribution in [2.45, 2.75) is 42.7 Å². The fourth-order valence-corrected chi connectivity index (χ4v) is 5.45. The van der Waals surface area contributed by atoms with Crippen LogP contribution in [0.3, 0.4) is 0 Å². The standard InChI is InChI=1S/C22H25N3O7S/c1-31-20-11-8-16(25(27)28)14-18(20)23-33(29,30)17-9-6-15(7-10-17)22(26)24-12-13-32-21-5-3-2-4-19(21)24/h6-11,14,19,21,23H,2-5,12-13H2,1H3/t19-,21+/m1/s1. The van der Waals surface area contributed by atoms with E-state index >= 15 is 0 Å². The molecule has 0 spiro atoms. The molecule has 4 rings (SSSR count). The molecule has 1 saturated carbocycles. The van der Waals surface area contributed by atoms with Crippen LogP contribution in [0.5, 0.6) is 5.75 Å². The molecule has 1 aliphatic heterocycles. The highest BCUT2D eigenvalue weighted by molar-refractivity contribution is 7.92. The van der Waals surface area contributed by atoms with Crippen molar-refractivity contribution in [3.8, 4) is 5.75 Å². The lowest BCUT2D eigenvalue weighted by molar-refractivity contribution is -0.384. The number of morpholine rings is 1. The summed E-state index contributed by atoms with van der Waals surface area (Å²) in [6, 6.07) is 9.33. The molecule has 1 aliphatic carbocycles. The lowest BCUT2D eigenvalue weighted by atomic mass is 9.89. The van der Waals surface area contributed by atoms with Crippen LogP contribution in [-0.2, 0) is 14.8 Å². The van der Waals surface area contributed by atoms with E-state index in [0.717, 1.165) is 31.7 Å². The minimum absolute atomic E-state index is 0.0476. The van der Waals surface area contributed by atoms with Crippen LogP contribution in [0.15, 0.2) is 47.4 Å². The molecule has 10 nitrogen and oxygen atoms in total. The molecule has 176 valence electrons. The van der Waals surface area contributed by atoms with Crippen molar-refractivity contribution in [2.75, 3.05) is 25.0 Å². The minimum atomic E-state index is -4.07. The summed E-state index contributed by atoms with van der Waals surface area (Å²) in [6.45, 7) is 1.00. The van der Waals surface area contributed by atoms with Crippen LogP contribution in [0.2, 0.25) is 0 Å². The van der Waals surface area contributed by atoms with E-state index in [0.29, 0.717) is 18.7 Å². The number of fused-ring (bicyclic) bond motifs is 1. The second-order valence-electron chi connectivity index (χ2n) is 8.03. The lowest BCUT2D eigenvalue weighted by Crippen LogP contribution is -2.54. The van der Waals surface area contributed by atoms with Gasteiger partial charge in [0.15, 0.2) is 0 Å². The molecule has 2 fully saturated rings. The number of hydrogen-bond donors (Lipinski definition) is 1. The summed E-state index contributed by atoms with van der Waals surface area (Å²) >= 11 is 0. The monoisotopic (exact) mass is 475 g/mol. The predicted octanol–water partition coefficient (Wildman–Crippen LogP) is 3.19. The molecule has 2 aliphatic rings. The molecule has 0 bridgehead atoms. The van der Waals surface area contributed by atoms with Crippen molar-refractivity contribution >= 4 is 27.3 Å². The van der Waals surface area contributed by atoms with E-state index in [1.807, 2.05) is 4.90 Å². The number of rotatable bonds is 6. The van der Waals surface area contributed by atoms with Gasteiger partial charge >= 0.3 is 0 Å². The van der Waals surface area contributed by atoms with Gasteiger partial charge in [0, 0.05) is 24.2 Å². The number of sulfonamides is 1. The lowest BCUT2D eigenvalue weighted by Gasteiger charge is -2.43. The molecule has 33 heavy (non-hydrogen) atoms. The first-order valence-corrected chi connectivity index (χ1v) is 12.2. The predicted molar refractivity (Wildman–Crippen MR) is 120 cm³/mol. The number of nitro benzene ring substituents is 1. The molecule has 11 heteroatoms. The second kappa shape index (κ2) is 9.36. The minimum Gasteiger partial charge on any atom is -0.495 e. The number of nitrogens with one attached hydrogen (secondary N) is 1. The van der Waals surface area contributed by atoms with E-state index in [9.17, 15) is 23.3 Å². The van der Waals surface area contributed by atoms with E-state index in [1.54, 1.807) is 0 Å². The number of nitrogens with zero attached hydrogens (tertiary/aromatic N) is 2. The van der Waals surface area contributed by atoms with Crippen LogP contribution in [0.25, 0.3) is 0 Å². The van der Waals surface area contributed by atoms with Gasteiger partial charge in [0.25, 0.3) is 21.6 Å². The maximum absolute atomic E-state index is 13.1. The summed E-state index contributed by atoms with van der Waals surface area (Å²) < 4.78 is 39.0. The SMILES string of the molecule is COc1ccc([N+](=O)[O-])cc1NS(=O)(=O)c1ccc(C(=O)N2CCO[C@H]3CCCC[C@H]32)cc1. The van der Waals surface area contributed by atoms with Crippen LogP contribution in [0, 0.1) is 10.1 Å². The largest absolute Gasteiger partial charge is 0.495 e. The summed E-state index contributed by atoms with van der Waals surface area (Å²) in [5.74, 6) is -0.00205. The van der Waals surface area contributed by atoms with Crippen LogP contribution >= 0.6 is 0 Å². The van der Waals surface area contributed by atoms with Gasteiger partial charge in [-0.05, 0) is 43.2 Å². The Morgan fingerprint density at radius 3 is 2.61 bits per heavy atom. The number of carbonyl (C=O) groups is 1. The fourth-order valence-electron chi connectivity index (χ4n) is 4.38. The Kier molecular flexibility index (Phi) is 6.52. The number of carbonyl (C=O) groups excluding carboxylic acids is 1. The van der Waals surface area contributed by atoms with Gasteiger partial charge < -0.3 is 14.4 Å². The van der Waals surface area contributed by atoms with Crippen molar-refractivity contribution in [1.82, 2.24) is 4.90 Å². The topological polar surface area (TPSA) is 128 Å². The zero-order valence-electron chi connectivity index (χ0n) is 18.1. The Bertz CT molecular complexity index is 1150. The van der Waals surface area contributed by atoms with Gasteiger partial charge in [-0.25, -0.2) is 8.42 Å². The molecular weight excluding hydrogens is 450 g/mol. The summed E-state index contributed by atoms with van der Waals surface area (Å²) in [6.07, 6.45) is 4.05. The molecule has 2 aromatic rings. The highest BCUT2D eigenvalue weighted by Gasteiger charge is 2.37. The van der Waals surface area contributed by atoms with E-state index < -0.39 is 14.9 Å². The Balaban J connectivity index is 1.53. The van der Waals surface area contributed by atoms with Gasteiger partial charge in [-0.1, -0.05) is 12.8 Å². The van der Waals surface area contributed by atoms with Crippen LogP contribution < -0.4 is 9.46 Å². The van der Waals surface area contributed by atoms with E-state index in [1.165, 1.54) is 43.5 Å². The van der Waals surface area contributed by atoms with E-state index in [4.69, 9.17) is 9.47 Å². The Hall–Kier alpha value is -3.18. The normalized spacial score (nSPS) is 20.6. The molecule has 0 aromatic heterocycles. The number of methoxy groups -OCH3 is 1. The third kappa shape index (κ3) is 4.79. The molecule has 0 radical (unpaired) electrons. The average Bonchev–Trinajstić information content (AvgIpc) is 2.83. The van der Waals surface area contributed by atoms with E-state index in [-0.39, 0.29) is 40.1 Å². The smallest absolute Gasteiger partial charge is 0.271 e. The van der Waals surface area contributed by atoms with E-state index in [2.05, 4.69) is 4.72 Å². The number of hydrogen-bond acceptors (Lipinski definition) is 7. The molecule has 0 unspecified atom stereocenters. The highest BCUT2D eigenvalue weighted by atomic mass is 32.2. The summed E-state index contributed by atoms with van der Waals surface area (Å²) in [5.41, 5.74) is 0.0672. The average molecular weight is 476 g/mol. The number of benzene rings is 2. The highest BCUT2D eigenvalue weighted by Crippen LogP contribution is 2.32. The molecule has 1 saturated heterocycles. The number of non-ortho nitro benzene ring substituents is 1. The Morgan fingerprint density at radius 1 is 1.18 bits per heavy atom. The molecule has 1 N–H and O–H groups in total. The first kappa shape index (κ1) is 23.0. The quantitative estimate of drug-likeness (QED) is 0.502. The molecule has 2 atom stereocenters. The number of nitro groups is 1.